The molecule has 13 heterocycles. The minimum absolute atomic E-state index is 0.354. The fraction of sp³-hybridized carbons (Fsp3) is 0.130. The van der Waals surface area contributed by atoms with Gasteiger partial charge in [-0.05, 0) is 104 Å². The predicted molar refractivity (Wildman–Crippen MR) is 342 cm³/mol. The van der Waals surface area contributed by atoms with Crippen LogP contribution in [0.3, 0.4) is 0 Å². The van der Waals surface area contributed by atoms with Gasteiger partial charge in [0, 0.05) is 110 Å². The van der Waals surface area contributed by atoms with Gasteiger partial charge in [0.25, 0.3) is 0 Å². The van der Waals surface area contributed by atoms with Crippen LogP contribution >= 0.6 is 0 Å². The number of aryl methyl sites for hydroxylation is 2. The van der Waals surface area contributed by atoms with E-state index in [-0.39, 0.29) is 0 Å². The summed E-state index contributed by atoms with van der Waals surface area (Å²) in [6.07, 6.45) is 15.2. The number of anilines is 3. The fourth-order valence-corrected chi connectivity index (χ4v) is 10.2. The topological polar surface area (TPSA) is 245 Å². The maximum absolute atomic E-state index is 13.7. The first-order valence-corrected chi connectivity index (χ1v) is 28.9. The van der Waals surface area contributed by atoms with Crippen molar-refractivity contribution >= 4 is 83.5 Å². The van der Waals surface area contributed by atoms with Gasteiger partial charge in [0.2, 0.25) is 0 Å². The van der Waals surface area contributed by atoms with Crippen molar-refractivity contribution in [2.24, 2.45) is 0 Å². The molecule has 0 saturated carbocycles. The minimum atomic E-state index is -0.657. The Labute approximate surface area is 525 Å². The average molecular weight is 1250 g/mol. The van der Waals surface area contributed by atoms with E-state index in [0.717, 1.165) is 84.7 Å². The van der Waals surface area contributed by atoms with Crippen LogP contribution in [0, 0.1) is 37.1 Å². The number of benzene rings is 2. The normalized spacial score (nSPS) is 11.3. The third-order valence-corrected chi connectivity index (χ3v) is 14.7. The highest BCUT2D eigenvalue weighted by Crippen LogP contribution is 2.32. The summed E-state index contributed by atoms with van der Waals surface area (Å²) >= 11 is 0. The van der Waals surface area contributed by atoms with E-state index in [1.54, 1.807) is 94.5 Å². The lowest BCUT2D eigenvalue weighted by Crippen LogP contribution is -2.05. The maximum atomic E-state index is 13.7. The average Bonchev–Trinajstić information content (AvgIpc) is 1.83. The zero-order valence-corrected chi connectivity index (χ0v) is 50.0. The molecule has 0 atom stereocenters. The molecule has 24 heteroatoms. The Morgan fingerprint density at radius 2 is 0.860 bits per heavy atom. The molecule has 2 aromatic carbocycles. The molecule has 13 aromatic heterocycles. The van der Waals surface area contributed by atoms with Gasteiger partial charge >= 0.3 is 0 Å². The molecule has 0 aliphatic rings. The van der Waals surface area contributed by atoms with Crippen LogP contribution in [-0.4, -0.2) is 77.4 Å². The lowest BCUT2D eigenvalue weighted by atomic mass is 10.1. The molecule has 0 amide bonds. The van der Waals surface area contributed by atoms with Gasteiger partial charge in [-0.25, -0.2) is 42.5 Å². The summed E-state index contributed by atoms with van der Waals surface area (Å²) in [4.78, 5) is 40.4. The second kappa shape index (κ2) is 26.7. The lowest BCUT2D eigenvalue weighted by Gasteiger charge is -2.10. The number of halogens is 4. The van der Waals surface area contributed by atoms with Crippen molar-refractivity contribution in [3.63, 3.8) is 0 Å². The van der Waals surface area contributed by atoms with E-state index in [1.807, 2.05) is 68.4 Å². The molecule has 15 aromatic rings. The molecule has 15 rings (SSSR count). The molecule has 0 aliphatic heterocycles. The molecule has 464 valence electrons. The number of ether oxygens (including phenoxy) is 3. The zero-order valence-electron chi connectivity index (χ0n) is 50.0. The Bertz CT molecular complexity index is 5180. The Hall–Kier alpha value is -11.9. The summed E-state index contributed by atoms with van der Waals surface area (Å²) in [7, 11) is 3.22. The SMILES string of the molecule is COCCOc1cnc2c(NCc3coc4ccc(-c5cc(F)cc(F)c5)nc34)ccnc2c1.COc1cnc2c(NCc3coc4ccc(-c5cc(C)no5)nc34)ccnc2c1.Cc1cnc2c(NCc3coc4ccc(-c5cc(F)cc(F)c5)nc34)ccnc2c1. The quantitative estimate of drug-likeness (QED) is 0.0566. The summed E-state index contributed by atoms with van der Waals surface area (Å²) in [5.74, 6) is -0.696. The van der Waals surface area contributed by atoms with E-state index in [0.29, 0.717) is 117 Å². The van der Waals surface area contributed by atoms with Crippen molar-refractivity contribution in [2.75, 3.05) is 43.4 Å². The van der Waals surface area contributed by atoms with Crippen molar-refractivity contribution in [1.82, 2.24) is 50.0 Å². The van der Waals surface area contributed by atoms with Gasteiger partial charge < -0.3 is 47.9 Å². The predicted octanol–water partition coefficient (Wildman–Crippen LogP) is 15.3. The van der Waals surface area contributed by atoms with Gasteiger partial charge in [-0.1, -0.05) is 5.16 Å². The number of furan rings is 3. The molecule has 0 fully saturated rings. The van der Waals surface area contributed by atoms with Crippen LogP contribution < -0.4 is 25.4 Å². The number of pyridine rings is 9. The molecule has 3 N–H and O–H groups in total. The van der Waals surface area contributed by atoms with Crippen LogP contribution in [0.5, 0.6) is 11.5 Å². The molecule has 0 unspecified atom stereocenters. The monoisotopic (exact) mass is 1250 g/mol. The van der Waals surface area contributed by atoms with Crippen LogP contribution in [0.25, 0.3) is 100 Å². The molecule has 0 saturated heterocycles. The van der Waals surface area contributed by atoms with Crippen LogP contribution in [0.1, 0.15) is 27.9 Å². The number of nitrogens with zero attached hydrogens (tertiary/aromatic N) is 10. The summed E-state index contributed by atoms with van der Waals surface area (Å²) in [6, 6.07) is 30.3. The Balaban J connectivity index is 0.000000127. The highest BCUT2D eigenvalue weighted by molar-refractivity contribution is 5.91. The zero-order chi connectivity index (χ0) is 64.0. The first-order chi connectivity index (χ1) is 45.4. The van der Waals surface area contributed by atoms with Gasteiger partial charge in [0.15, 0.2) is 22.5 Å². The second-order valence-electron chi connectivity index (χ2n) is 21.2. The number of aromatic nitrogens is 10. The molecule has 20 nitrogen and oxygen atoms in total. The van der Waals surface area contributed by atoms with Gasteiger partial charge in [0.05, 0.1) is 95.6 Å². The van der Waals surface area contributed by atoms with Crippen molar-refractivity contribution in [3.8, 4) is 45.5 Å². The molecule has 0 spiro atoms. The van der Waals surface area contributed by atoms with E-state index in [1.165, 1.54) is 24.3 Å². The maximum Gasteiger partial charge on any atom is 0.185 e. The van der Waals surface area contributed by atoms with E-state index in [9.17, 15) is 17.6 Å². The fourth-order valence-electron chi connectivity index (χ4n) is 10.2. The van der Waals surface area contributed by atoms with Crippen LogP contribution in [-0.2, 0) is 24.4 Å². The number of methoxy groups -OCH3 is 2. The Kier molecular flexibility index (Phi) is 17.2. The van der Waals surface area contributed by atoms with Crippen LogP contribution in [0.2, 0.25) is 0 Å². The number of fused-ring (bicyclic) bond motifs is 6. The standard InChI is InChI=1S/C25H20F2N4O3.C23H16F2N4O.C21H17N5O3/c1-32-6-7-33-19-11-22-25(30-13-19)21(4-5-28-22)29-12-16-14-34-23-3-2-20(31-24(16)23)15-8-17(26)10-18(27)9-15;1-13-6-20-23(28-10-13)19(4-5-26-20)27-11-15-12-30-21-3-2-18(29-22(15)21)14-7-16(24)9-17(25)8-14;1-12-7-19(29-26-12)15-3-4-18-20(25-15)13(11-28-18)9-23-16-5-6-22-17-8-14(27-2)10-24-21(16)17/h2-5,8-11,13-14H,6-7,12H2,1H3,(H,28,29);2-10,12H,11H2,1H3,(H,26,27);3-8,10-11H,9H2,1-2H3,(H,22,23). The molecule has 93 heavy (non-hydrogen) atoms. The first-order valence-electron chi connectivity index (χ1n) is 28.9. The summed E-state index contributed by atoms with van der Waals surface area (Å²) < 4.78 is 92.6. The summed E-state index contributed by atoms with van der Waals surface area (Å²) in [6.45, 7) is 6.11. The van der Waals surface area contributed by atoms with Crippen molar-refractivity contribution < 1.29 is 49.5 Å². The van der Waals surface area contributed by atoms with Crippen LogP contribution in [0.15, 0.2) is 189 Å². The number of hydrogen-bond donors (Lipinski definition) is 3. The second-order valence-corrected chi connectivity index (χ2v) is 21.2. The Morgan fingerprint density at radius 1 is 0.430 bits per heavy atom. The largest absolute Gasteiger partial charge is 0.495 e. The molecular weight excluding hydrogens is 1200 g/mol. The molecule has 0 aliphatic carbocycles. The van der Waals surface area contributed by atoms with Gasteiger partial charge in [0.1, 0.15) is 80.2 Å². The van der Waals surface area contributed by atoms with Crippen LogP contribution in [0.4, 0.5) is 34.6 Å². The lowest BCUT2D eigenvalue weighted by molar-refractivity contribution is 0.146. The molecular formula is C69H53F4N13O7. The number of nitrogens with one attached hydrogen (secondary N) is 3. The summed E-state index contributed by atoms with van der Waals surface area (Å²) in [5, 5.41) is 14.0. The number of rotatable bonds is 17. The molecule has 0 bridgehead atoms. The smallest absolute Gasteiger partial charge is 0.185 e. The number of hydrogen-bond acceptors (Lipinski definition) is 20. The summed E-state index contributed by atoms with van der Waals surface area (Å²) in [5.41, 5.74) is 17.6. The van der Waals surface area contributed by atoms with E-state index < -0.39 is 23.3 Å². The Morgan fingerprint density at radius 3 is 1.31 bits per heavy atom. The van der Waals surface area contributed by atoms with E-state index in [4.69, 9.17) is 37.0 Å². The minimum Gasteiger partial charge on any atom is -0.495 e. The molecule has 0 radical (unpaired) electrons. The van der Waals surface area contributed by atoms with Crippen molar-refractivity contribution in [2.45, 2.75) is 33.5 Å². The van der Waals surface area contributed by atoms with E-state index in [2.05, 4.69) is 61.0 Å². The highest BCUT2D eigenvalue weighted by atomic mass is 19.1. The van der Waals surface area contributed by atoms with Gasteiger partial charge in [-0.15, -0.1) is 0 Å². The first kappa shape index (κ1) is 60.0. The third kappa shape index (κ3) is 13.5. The van der Waals surface area contributed by atoms with E-state index >= 15 is 0 Å². The van der Waals surface area contributed by atoms with Crippen molar-refractivity contribution in [1.29, 1.82) is 0 Å². The highest BCUT2D eigenvalue weighted by Gasteiger charge is 2.17. The van der Waals surface area contributed by atoms with Crippen molar-refractivity contribution in [3.05, 3.63) is 222 Å². The van der Waals surface area contributed by atoms with Gasteiger partial charge in [-0.2, -0.15) is 0 Å². The third-order valence-electron chi connectivity index (χ3n) is 14.7. The van der Waals surface area contributed by atoms with Gasteiger partial charge in [-0.3, -0.25) is 19.9 Å².